The van der Waals surface area contributed by atoms with Crippen LogP contribution in [-0.2, 0) is 0 Å². The molecule has 2 aromatic rings. The molecule has 0 fully saturated rings. The van der Waals surface area contributed by atoms with Crippen molar-refractivity contribution in [2.45, 2.75) is 52.4 Å². The van der Waals surface area contributed by atoms with Crippen LogP contribution in [0.25, 0.3) is 10.8 Å². The highest BCUT2D eigenvalue weighted by atomic mass is 16.5. The van der Waals surface area contributed by atoms with E-state index >= 15 is 0 Å². The van der Waals surface area contributed by atoms with E-state index in [2.05, 4.69) is 6.92 Å². The van der Waals surface area contributed by atoms with E-state index < -0.39 is 0 Å². The van der Waals surface area contributed by atoms with Gasteiger partial charge in [0, 0.05) is 10.9 Å². The number of hydrogen-bond donors (Lipinski definition) is 3. The topological polar surface area (TPSA) is 69.9 Å². The van der Waals surface area contributed by atoms with Gasteiger partial charge in [0.25, 0.3) is 0 Å². The standard InChI is InChI=1S/C19H26O4/c1-3-4-5-6-7-8-11-23-17-12-14-15(20)9-10-16(21)18(14)19(22)13(17)2/h9-10,12,20-22H,3-8,11H2,1-2H3. The molecule has 0 aliphatic carbocycles. The van der Waals surface area contributed by atoms with Crippen LogP contribution in [-0.4, -0.2) is 21.9 Å². The minimum absolute atomic E-state index is 0.0116. The molecule has 0 aliphatic heterocycles. The van der Waals surface area contributed by atoms with E-state index in [0.29, 0.717) is 23.3 Å². The molecular formula is C19H26O4. The van der Waals surface area contributed by atoms with Crippen LogP contribution in [0.3, 0.4) is 0 Å². The van der Waals surface area contributed by atoms with Gasteiger partial charge in [-0.15, -0.1) is 0 Å². The zero-order chi connectivity index (χ0) is 16.8. The molecular weight excluding hydrogens is 292 g/mol. The van der Waals surface area contributed by atoms with E-state index in [-0.39, 0.29) is 22.6 Å². The van der Waals surface area contributed by atoms with Crippen LogP contribution in [0.1, 0.15) is 51.0 Å². The normalized spacial score (nSPS) is 11.0. The fourth-order valence-electron chi connectivity index (χ4n) is 2.75. The number of rotatable bonds is 8. The molecule has 0 spiro atoms. The van der Waals surface area contributed by atoms with Crippen molar-refractivity contribution in [2.24, 2.45) is 0 Å². The monoisotopic (exact) mass is 318 g/mol. The average Bonchev–Trinajstić information content (AvgIpc) is 2.54. The number of benzene rings is 2. The first-order valence-electron chi connectivity index (χ1n) is 8.36. The van der Waals surface area contributed by atoms with Crippen LogP contribution in [0.5, 0.6) is 23.0 Å². The molecule has 0 atom stereocenters. The van der Waals surface area contributed by atoms with Crippen LogP contribution in [0.4, 0.5) is 0 Å². The summed E-state index contributed by atoms with van der Waals surface area (Å²) < 4.78 is 5.77. The predicted octanol–water partition coefficient (Wildman–Crippen LogP) is 5.00. The van der Waals surface area contributed by atoms with Crippen molar-refractivity contribution in [1.82, 2.24) is 0 Å². The van der Waals surface area contributed by atoms with E-state index in [9.17, 15) is 15.3 Å². The van der Waals surface area contributed by atoms with Gasteiger partial charge in [-0.3, -0.25) is 0 Å². The van der Waals surface area contributed by atoms with Crippen molar-refractivity contribution in [3.63, 3.8) is 0 Å². The number of phenols is 3. The van der Waals surface area contributed by atoms with Gasteiger partial charge < -0.3 is 20.1 Å². The zero-order valence-corrected chi connectivity index (χ0v) is 13.9. The summed E-state index contributed by atoms with van der Waals surface area (Å²) in [6.07, 6.45) is 7.09. The van der Waals surface area contributed by atoms with Crippen molar-refractivity contribution in [2.75, 3.05) is 6.61 Å². The van der Waals surface area contributed by atoms with E-state index in [1.54, 1.807) is 13.0 Å². The van der Waals surface area contributed by atoms with Gasteiger partial charge in [-0.25, -0.2) is 0 Å². The summed E-state index contributed by atoms with van der Waals surface area (Å²) in [5, 5.41) is 30.8. The third kappa shape index (κ3) is 4.01. The Hall–Kier alpha value is -2.10. The Morgan fingerprint density at radius 3 is 2.30 bits per heavy atom. The van der Waals surface area contributed by atoms with Crippen LogP contribution >= 0.6 is 0 Å². The Balaban J connectivity index is 2.07. The summed E-state index contributed by atoms with van der Waals surface area (Å²) in [6, 6.07) is 4.45. The summed E-state index contributed by atoms with van der Waals surface area (Å²) >= 11 is 0. The summed E-state index contributed by atoms with van der Waals surface area (Å²) in [6.45, 7) is 4.53. The molecule has 0 bridgehead atoms. The number of hydrogen-bond acceptors (Lipinski definition) is 4. The van der Waals surface area contributed by atoms with Gasteiger partial charge in [-0.1, -0.05) is 39.0 Å². The van der Waals surface area contributed by atoms with Gasteiger partial charge >= 0.3 is 0 Å². The second-order valence-corrected chi connectivity index (χ2v) is 5.99. The molecule has 0 amide bonds. The second kappa shape index (κ2) is 7.95. The number of fused-ring (bicyclic) bond motifs is 1. The van der Waals surface area contributed by atoms with Crippen LogP contribution in [0.2, 0.25) is 0 Å². The molecule has 2 rings (SSSR count). The van der Waals surface area contributed by atoms with E-state index in [1.165, 1.54) is 37.8 Å². The minimum atomic E-state index is -0.0547. The summed E-state index contributed by atoms with van der Waals surface area (Å²) in [7, 11) is 0. The first kappa shape index (κ1) is 17.3. The SMILES string of the molecule is CCCCCCCCOc1cc2c(O)ccc(O)c2c(O)c1C. The highest BCUT2D eigenvalue weighted by molar-refractivity contribution is 5.99. The molecule has 0 saturated heterocycles. The number of aromatic hydroxyl groups is 3. The molecule has 0 aromatic heterocycles. The Kier molecular flexibility index (Phi) is 5.97. The third-order valence-electron chi connectivity index (χ3n) is 4.19. The van der Waals surface area contributed by atoms with Crippen LogP contribution in [0.15, 0.2) is 18.2 Å². The Morgan fingerprint density at radius 2 is 1.57 bits per heavy atom. The number of unbranched alkanes of at least 4 members (excludes halogenated alkanes) is 5. The zero-order valence-electron chi connectivity index (χ0n) is 13.9. The molecule has 2 aromatic carbocycles. The minimum Gasteiger partial charge on any atom is -0.507 e. The molecule has 4 heteroatoms. The second-order valence-electron chi connectivity index (χ2n) is 5.99. The van der Waals surface area contributed by atoms with Gasteiger partial charge in [-0.2, -0.15) is 0 Å². The van der Waals surface area contributed by atoms with Crippen molar-refractivity contribution >= 4 is 10.8 Å². The average molecular weight is 318 g/mol. The summed E-state index contributed by atoms with van der Waals surface area (Å²) in [5.41, 5.74) is 0.574. The van der Waals surface area contributed by atoms with E-state index in [0.717, 1.165) is 12.8 Å². The molecule has 0 heterocycles. The van der Waals surface area contributed by atoms with Gasteiger partial charge in [0.15, 0.2) is 0 Å². The fourth-order valence-corrected chi connectivity index (χ4v) is 2.75. The lowest BCUT2D eigenvalue weighted by molar-refractivity contribution is 0.301. The highest BCUT2D eigenvalue weighted by Gasteiger charge is 2.15. The molecule has 4 nitrogen and oxygen atoms in total. The first-order chi connectivity index (χ1) is 11.1. The molecule has 0 aliphatic rings. The maximum Gasteiger partial charge on any atom is 0.133 e. The first-order valence-corrected chi connectivity index (χ1v) is 8.36. The van der Waals surface area contributed by atoms with Crippen molar-refractivity contribution in [3.05, 3.63) is 23.8 Å². The highest BCUT2D eigenvalue weighted by Crippen LogP contribution is 2.43. The lowest BCUT2D eigenvalue weighted by Crippen LogP contribution is -1.99. The largest absolute Gasteiger partial charge is 0.507 e. The molecule has 3 N–H and O–H groups in total. The predicted molar refractivity (Wildman–Crippen MR) is 92.6 cm³/mol. The molecule has 0 unspecified atom stereocenters. The Morgan fingerprint density at radius 1 is 0.913 bits per heavy atom. The quantitative estimate of drug-likeness (QED) is 0.473. The molecule has 0 saturated carbocycles. The number of ether oxygens (including phenoxy) is 1. The lowest BCUT2D eigenvalue weighted by Gasteiger charge is -2.14. The molecule has 23 heavy (non-hydrogen) atoms. The van der Waals surface area contributed by atoms with E-state index in [1.807, 2.05) is 0 Å². The Labute approximate surface area is 137 Å². The smallest absolute Gasteiger partial charge is 0.133 e. The Bertz CT molecular complexity index is 664. The van der Waals surface area contributed by atoms with Crippen LogP contribution in [0, 0.1) is 6.92 Å². The number of phenolic OH excluding ortho intramolecular Hbond substituents is 3. The van der Waals surface area contributed by atoms with Gasteiger partial charge in [0.1, 0.15) is 23.0 Å². The van der Waals surface area contributed by atoms with Gasteiger partial charge in [0.2, 0.25) is 0 Å². The molecule has 126 valence electrons. The molecule has 0 radical (unpaired) electrons. The fraction of sp³-hybridized carbons (Fsp3) is 0.474. The van der Waals surface area contributed by atoms with Crippen LogP contribution < -0.4 is 4.74 Å². The van der Waals surface area contributed by atoms with Crippen molar-refractivity contribution in [1.29, 1.82) is 0 Å². The van der Waals surface area contributed by atoms with Gasteiger partial charge in [0.05, 0.1) is 12.0 Å². The maximum atomic E-state index is 10.3. The van der Waals surface area contributed by atoms with Crippen molar-refractivity contribution < 1.29 is 20.1 Å². The maximum absolute atomic E-state index is 10.3. The summed E-state index contributed by atoms with van der Waals surface area (Å²) in [4.78, 5) is 0. The lowest BCUT2D eigenvalue weighted by atomic mass is 10.0. The summed E-state index contributed by atoms with van der Waals surface area (Å²) in [5.74, 6) is 0.455. The third-order valence-corrected chi connectivity index (χ3v) is 4.19. The van der Waals surface area contributed by atoms with E-state index in [4.69, 9.17) is 4.74 Å². The van der Waals surface area contributed by atoms with Gasteiger partial charge in [-0.05, 0) is 31.5 Å². The van der Waals surface area contributed by atoms with Crippen molar-refractivity contribution in [3.8, 4) is 23.0 Å².